The number of carbonyl (C=O) groups is 1. The molecule has 31 heavy (non-hydrogen) atoms. The molecule has 0 amide bonds. The second kappa shape index (κ2) is 10.2. The van der Waals surface area contributed by atoms with Crippen LogP contribution in [0.1, 0.15) is 11.1 Å². The Balaban J connectivity index is 1.74. The van der Waals surface area contributed by atoms with E-state index in [-0.39, 0.29) is 5.97 Å². The Morgan fingerprint density at radius 3 is 2.29 bits per heavy atom. The molecule has 3 aromatic rings. The molecule has 0 radical (unpaired) electrons. The van der Waals surface area contributed by atoms with Crippen molar-refractivity contribution in [3.63, 3.8) is 0 Å². The summed E-state index contributed by atoms with van der Waals surface area (Å²) in [7, 11) is 7.45. The molecule has 0 unspecified atom stereocenters. The predicted octanol–water partition coefficient (Wildman–Crippen LogP) is 5.90. The van der Waals surface area contributed by atoms with Crippen molar-refractivity contribution >= 4 is 35.0 Å². The highest BCUT2D eigenvalue weighted by atomic mass is 35.5. The van der Waals surface area contributed by atoms with Crippen LogP contribution in [0.2, 0.25) is 5.02 Å². The molecule has 0 aliphatic carbocycles. The molecular formula is C26H27ClN2O2. The largest absolute Gasteiger partial charge is 0.466 e. The highest BCUT2D eigenvalue weighted by Gasteiger charge is 2.08. The Morgan fingerprint density at radius 1 is 0.935 bits per heavy atom. The number of anilines is 2. The van der Waals surface area contributed by atoms with E-state index in [4.69, 9.17) is 11.6 Å². The van der Waals surface area contributed by atoms with Crippen molar-refractivity contribution < 1.29 is 9.53 Å². The predicted molar refractivity (Wildman–Crippen MR) is 131 cm³/mol. The summed E-state index contributed by atoms with van der Waals surface area (Å²) in [5.41, 5.74) is 6.41. The van der Waals surface area contributed by atoms with Crippen LogP contribution in [0.4, 0.5) is 11.4 Å². The van der Waals surface area contributed by atoms with Crippen LogP contribution >= 0.6 is 11.6 Å². The monoisotopic (exact) mass is 434 g/mol. The van der Waals surface area contributed by atoms with Crippen molar-refractivity contribution in [3.8, 4) is 11.1 Å². The molecule has 0 heterocycles. The number of methoxy groups -OCH3 is 1. The Kier molecular flexibility index (Phi) is 7.37. The molecule has 0 aliphatic rings. The van der Waals surface area contributed by atoms with Gasteiger partial charge in [0.15, 0.2) is 0 Å². The lowest BCUT2D eigenvalue weighted by molar-refractivity contribution is -0.134. The zero-order valence-corrected chi connectivity index (χ0v) is 19.1. The van der Waals surface area contributed by atoms with Crippen LogP contribution in [0, 0.1) is 0 Å². The summed E-state index contributed by atoms with van der Waals surface area (Å²) in [6, 6.07) is 22.6. The van der Waals surface area contributed by atoms with Gasteiger partial charge in [-0.05, 0) is 58.7 Å². The molecule has 160 valence electrons. The molecule has 4 nitrogen and oxygen atoms in total. The lowest BCUT2D eigenvalue weighted by Gasteiger charge is -2.21. The summed E-state index contributed by atoms with van der Waals surface area (Å²) in [5.74, 6) is -0.373. The Morgan fingerprint density at radius 2 is 1.65 bits per heavy atom. The molecule has 0 aliphatic heterocycles. The highest BCUT2D eigenvalue weighted by Crippen LogP contribution is 2.29. The molecule has 5 heteroatoms. The lowest BCUT2D eigenvalue weighted by Crippen LogP contribution is -2.16. The summed E-state index contributed by atoms with van der Waals surface area (Å²) in [4.78, 5) is 15.5. The van der Waals surface area contributed by atoms with Gasteiger partial charge < -0.3 is 14.5 Å². The molecule has 0 fully saturated rings. The molecule has 0 saturated heterocycles. The van der Waals surface area contributed by atoms with Gasteiger partial charge in [0.2, 0.25) is 0 Å². The molecule has 0 N–H and O–H groups in total. The van der Waals surface area contributed by atoms with Crippen molar-refractivity contribution in [2.24, 2.45) is 0 Å². The first-order chi connectivity index (χ1) is 14.9. The number of rotatable bonds is 7. The minimum atomic E-state index is -0.373. The van der Waals surface area contributed by atoms with Crippen LogP contribution in [0.15, 0.2) is 72.8 Å². The lowest BCUT2D eigenvalue weighted by atomic mass is 10.0. The number of carbonyl (C=O) groups excluding carboxylic acids is 1. The number of halogens is 1. The van der Waals surface area contributed by atoms with E-state index < -0.39 is 0 Å². The van der Waals surface area contributed by atoms with Gasteiger partial charge in [-0.1, -0.05) is 48.0 Å². The van der Waals surface area contributed by atoms with E-state index >= 15 is 0 Å². The molecule has 0 aromatic heterocycles. The van der Waals surface area contributed by atoms with Gasteiger partial charge >= 0.3 is 5.97 Å². The van der Waals surface area contributed by atoms with Gasteiger partial charge in [0, 0.05) is 50.2 Å². The Labute approximate surface area is 189 Å². The number of hydrogen-bond acceptors (Lipinski definition) is 4. The average molecular weight is 435 g/mol. The van der Waals surface area contributed by atoms with Gasteiger partial charge in [0.1, 0.15) is 0 Å². The van der Waals surface area contributed by atoms with Gasteiger partial charge in [0.25, 0.3) is 0 Å². The zero-order chi connectivity index (χ0) is 22.4. The first kappa shape index (κ1) is 22.4. The first-order valence-electron chi connectivity index (χ1n) is 10.0. The molecule has 0 atom stereocenters. The quantitative estimate of drug-likeness (QED) is 0.342. The fourth-order valence-corrected chi connectivity index (χ4v) is 3.49. The maximum Gasteiger partial charge on any atom is 0.330 e. The number of benzene rings is 3. The van der Waals surface area contributed by atoms with Crippen molar-refractivity contribution in [2.45, 2.75) is 6.54 Å². The standard InChI is InChI=1S/C26H27ClN2O2/c1-28(2)23-13-11-20(12-14-23)21-9-10-22(25(27)17-21)18-29(3)24-7-5-6-19(16-24)8-15-26(30)31-4/h5-17H,18H2,1-4H3/b15-8+. The van der Waals surface area contributed by atoms with Gasteiger partial charge in [-0.15, -0.1) is 0 Å². The van der Waals surface area contributed by atoms with Crippen LogP contribution in [-0.4, -0.2) is 34.2 Å². The molecule has 0 saturated carbocycles. The normalized spacial score (nSPS) is 10.9. The molecule has 3 aromatic carbocycles. The van der Waals surface area contributed by atoms with Gasteiger partial charge in [-0.3, -0.25) is 0 Å². The summed E-state index contributed by atoms with van der Waals surface area (Å²) in [6.45, 7) is 0.669. The van der Waals surface area contributed by atoms with Crippen LogP contribution < -0.4 is 9.80 Å². The number of nitrogens with zero attached hydrogens (tertiary/aromatic N) is 2. The average Bonchev–Trinajstić information content (AvgIpc) is 2.79. The van der Waals surface area contributed by atoms with E-state index in [0.29, 0.717) is 6.54 Å². The fraction of sp³-hybridized carbons (Fsp3) is 0.192. The summed E-state index contributed by atoms with van der Waals surface area (Å²) < 4.78 is 4.65. The Bertz CT molecular complexity index is 1080. The van der Waals surface area contributed by atoms with Crippen LogP contribution in [0.3, 0.4) is 0 Å². The maximum absolute atomic E-state index is 11.3. The number of esters is 1. The SMILES string of the molecule is COC(=O)/C=C/c1cccc(N(C)Cc2ccc(-c3ccc(N(C)C)cc3)cc2Cl)c1. The third-order valence-corrected chi connectivity index (χ3v) is 5.45. The summed E-state index contributed by atoms with van der Waals surface area (Å²) in [6.07, 6.45) is 3.16. The topological polar surface area (TPSA) is 32.8 Å². The van der Waals surface area contributed by atoms with E-state index in [1.54, 1.807) is 6.08 Å². The molecule has 3 rings (SSSR count). The zero-order valence-electron chi connectivity index (χ0n) is 18.3. The summed E-state index contributed by atoms with van der Waals surface area (Å²) in [5, 5.41) is 0.739. The smallest absolute Gasteiger partial charge is 0.330 e. The molecule has 0 bridgehead atoms. The van der Waals surface area contributed by atoms with Crippen molar-refractivity contribution in [2.75, 3.05) is 38.1 Å². The second-order valence-electron chi connectivity index (χ2n) is 7.56. The van der Waals surface area contributed by atoms with Crippen LogP contribution in [0.5, 0.6) is 0 Å². The molecule has 0 spiro atoms. The first-order valence-corrected chi connectivity index (χ1v) is 10.4. The minimum Gasteiger partial charge on any atom is -0.466 e. The number of ether oxygens (including phenoxy) is 1. The van der Waals surface area contributed by atoms with E-state index in [1.807, 2.05) is 51.5 Å². The maximum atomic E-state index is 11.3. The fourth-order valence-electron chi connectivity index (χ4n) is 3.25. The van der Waals surface area contributed by atoms with E-state index in [9.17, 15) is 4.79 Å². The van der Waals surface area contributed by atoms with Gasteiger partial charge in [0.05, 0.1) is 7.11 Å². The third kappa shape index (κ3) is 5.89. The minimum absolute atomic E-state index is 0.373. The van der Waals surface area contributed by atoms with E-state index in [1.165, 1.54) is 13.2 Å². The Hall–Kier alpha value is -3.24. The second-order valence-corrected chi connectivity index (χ2v) is 7.96. The van der Waals surface area contributed by atoms with Gasteiger partial charge in [-0.25, -0.2) is 4.79 Å². The highest BCUT2D eigenvalue weighted by molar-refractivity contribution is 6.31. The number of hydrogen-bond donors (Lipinski definition) is 0. The van der Waals surface area contributed by atoms with E-state index in [2.05, 4.69) is 50.9 Å². The summed E-state index contributed by atoms with van der Waals surface area (Å²) >= 11 is 6.63. The molecular weight excluding hydrogens is 408 g/mol. The van der Waals surface area contributed by atoms with Crippen molar-refractivity contribution in [1.82, 2.24) is 0 Å². The van der Waals surface area contributed by atoms with Crippen molar-refractivity contribution in [3.05, 3.63) is 89.0 Å². The van der Waals surface area contributed by atoms with Crippen LogP contribution in [-0.2, 0) is 16.1 Å². The van der Waals surface area contributed by atoms with Crippen LogP contribution in [0.25, 0.3) is 17.2 Å². The van der Waals surface area contributed by atoms with Gasteiger partial charge in [-0.2, -0.15) is 0 Å². The van der Waals surface area contributed by atoms with E-state index in [0.717, 1.165) is 38.7 Å². The van der Waals surface area contributed by atoms with Crippen molar-refractivity contribution in [1.29, 1.82) is 0 Å². The third-order valence-electron chi connectivity index (χ3n) is 5.10.